The van der Waals surface area contributed by atoms with Crippen LogP contribution in [-0.4, -0.2) is 45.7 Å². The summed E-state index contributed by atoms with van der Waals surface area (Å²) in [7, 11) is -5.47. The van der Waals surface area contributed by atoms with E-state index in [0.29, 0.717) is 6.08 Å². The van der Waals surface area contributed by atoms with Gasteiger partial charge in [-0.25, -0.2) is 0 Å². The molecule has 0 aromatic carbocycles. The SMILES string of the molecule is CC=C[SiH](OC(F)(F)C(F)(F)C(F)(F)F)OC(F)(F)C(F)(F)C(F)(F)F. The number of hydrogen-bond donors (Lipinski definition) is 0. The molecule has 0 amide bonds. The first-order valence-electron chi connectivity index (χ1n) is 5.77. The number of alkyl halides is 14. The van der Waals surface area contributed by atoms with Crippen molar-refractivity contribution in [1.29, 1.82) is 0 Å². The lowest BCUT2D eigenvalue weighted by Gasteiger charge is -2.33. The molecule has 0 radical (unpaired) electrons. The van der Waals surface area contributed by atoms with Gasteiger partial charge in [0.25, 0.3) is 0 Å². The molecule has 0 spiro atoms. The molecule has 0 aliphatic heterocycles. The zero-order valence-corrected chi connectivity index (χ0v) is 13.0. The minimum atomic E-state index is -6.99. The third kappa shape index (κ3) is 4.79. The van der Waals surface area contributed by atoms with E-state index >= 15 is 0 Å². The van der Waals surface area contributed by atoms with E-state index in [4.69, 9.17) is 0 Å². The summed E-state index contributed by atoms with van der Waals surface area (Å²) in [6.45, 7) is 0.743. The van der Waals surface area contributed by atoms with Crippen molar-refractivity contribution < 1.29 is 70.3 Å². The van der Waals surface area contributed by atoms with Gasteiger partial charge in [-0.3, -0.25) is 0 Å². The highest BCUT2D eigenvalue weighted by atomic mass is 28.3. The Hall–Kier alpha value is -1.10. The molecule has 0 N–H and O–H groups in total. The predicted octanol–water partition coefficient (Wildman–Crippen LogP) is 4.94. The van der Waals surface area contributed by atoms with Gasteiger partial charge in [0.1, 0.15) is 0 Å². The highest BCUT2D eigenvalue weighted by molar-refractivity contribution is 6.50. The van der Waals surface area contributed by atoms with Crippen LogP contribution in [0.15, 0.2) is 11.8 Å². The van der Waals surface area contributed by atoms with Crippen molar-refractivity contribution >= 4 is 9.28 Å². The van der Waals surface area contributed by atoms with Crippen LogP contribution in [0.2, 0.25) is 0 Å². The smallest absolute Gasteiger partial charge is 0.330 e. The van der Waals surface area contributed by atoms with Gasteiger partial charge in [0.2, 0.25) is 0 Å². The standard InChI is InChI=1S/C9H6F14O2Si/c1-2-3-26(24-8(20,21)4(10,11)6(14,15)16)25-9(22,23)5(12,13)7(17,18)19/h2-3,26H,1H3. The highest BCUT2D eigenvalue weighted by Crippen LogP contribution is 2.49. The molecule has 0 bridgehead atoms. The van der Waals surface area contributed by atoms with Gasteiger partial charge in [0.15, 0.2) is 0 Å². The summed E-state index contributed by atoms with van der Waals surface area (Å²) in [6, 6.07) is 0. The molecular formula is C9H6F14O2Si. The van der Waals surface area contributed by atoms with Crippen LogP contribution in [0.25, 0.3) is 0 Å². The van der Waals surface area contributed by atoms with E-state index in [2.05, 4.69) is 8.85 Å². The molecule has 17 heteroatoms. The van der Waals surface area contributed by atoms with E-state index in [9.17, 15) is 61.5 Å². The van der Waals surface area contributed by atoms with Gasteiger partial charge in [-0.1, -0.05) is 6.08 Å². The average Bonchev–Trinajstić information content (AvgIpc) is 2.34. The van der Waals surface area contributed by atoms with E-state index < -0.39 is 45.7 Å². The Labute approximate surface area is 136 Å². The van der Waals surface area contributed by atoms with Crippen molar-refractivity contribution in [2.24, 2.45) is 0 Å². The maximum atomic E-state index is 13.0. The van der Waals surface area contributed by atoms with Crippen LogP contribution in [-0.2, 0) is 8.85 Å². The van der Waals surface area contributed by atoms with Crippen molar-refractivity contribution in [2.75, 3.05) is 0 Å². The lowest BCUT2D eigenvalue weighted by molar-refractivity contribution is -0.420. The molecule has 0 fully saturated rings. The molecule has 0 heterocycles. The summed E-state index contributed by atoms with van der Waals surface area (Å²) >= 11 is 0. The lowest BCUT2D eigenvalue weighted by atomic mass is 10.3. The fraction of sp³-hybridized carbons (Fsp3) is 0.778. The van der Waals surface area contributed by atoms with Gasteiger partial charge < -0.3 is 8.85 Å². The molecule has 0 unspecified atom stereocenters. The highest BCUT2D eigenvalue weighted by Gasteiger charge is 2.77. The lowest BCUT2D eigenvalue weighted by Crippen LogP contribution is -2.58. The topological polar surface area (TPSA) is 18.5 Å². The molecule has 0 saturated heterocycles. The largest absolute Gasteiger partial charge is 0.462 e. The van der Waals surface area contributed by atoms with Gasteiger partial charge in [0, 0.05) is 0 Å². The first kappa shape index (κ1) is 24.9. The van der Waals surface area contributed by atoms with Gasteiger partial charge in [-0.15, -0.1) is 0 Å². The maximum absolute atomic E-state index is 13.0. The zero-order chi connectivity index (χ0) is 21.4. The summed E-state index contributed by atoms with van der Waals surface area (Å²) in [6.07, 6.45) is -26.8. The normalized spacial score (nSPS) is 16.0. The van der Waals surface area contributed by atoms with Crippen molar-refractivity contribution in [1.82, 2.24) is 0 Å². The summed E-state index contributed by atoms with van der Waals surface area (Å²) in [4.78, 5) is 0. The Balaban J connectivity index is 5.72. The molecular weight excluding hydrogens is 434 g/mol. The Morgan fingerprint density at radius 2 is 0.846 bits per heavy atom. The Morgan fingerprint density at radius 3 is 1.04 bits per heavy atom. The Bertz CT molecular complexity index is 468. The monoisotopic (exact) mass is 440 g/mol. The summed E-state index contributed by atoms with van der Waals surface area (Å²) in [5.74, 6) is -14.0. The van der Waals surface area contributed by atoms with E-state index in [1.807, 2.05) is 0 Å². The fourth-order valence-corrected chi connectivity index (χ4v) is 2.43. The number of rotatable bonds is 7. The van der Waals surface area contributed by atoms with Gasteiger partial charge in [0.05, 0.1) is 0 Å². The van der Waals surface area contributed by atoms with Crippen molar-refractivity contribution in [3.05, 3.63) is 11.8 Å². The summed E-state index contributed by atoms with van der Waals surface area (Å²) in [5.41, 5.74) is -0.194. The van der Waals surface area contributed by atoms with Crippen LogP contribution in [0.4, 0.5) is 61.5 Å². The van der Waals surface area contributed by atoms with E-state index in [1.165, 1.54) is 0 Å². The molecule has 0 aliphatic rings. The van der Waals surface area contributed by atoms with Crippen LogP contribution in [0, 0.1) is 0 Å². The molecule has 2 nitrogen and oxygen atoms in total. The van der Waals surface area contributed by atoms with Crippen LogP contribution in [0.1, 0.15) is 6.92 Å². The number of allylic oxidation sites excluding steroid dienone is 1. The molecule has 156 valence electrons. The molecule has 0 aromatic rings. The maximum Gasteiger partial charge on any atom is 0.462 e. The number of halogens is 14. The van der Waals surface area contributed by atoms with E-state index in [0.717, 1.165) is 6.92 Å². The van der Waals surface area contributed by atoms with Gasteiger partial charge >= 0.3 is 45.7 Å². The quantitative estimate of drug-likeness (QED) is 0.413. The molecule has 0 aromatic heterocycles. The zero-order valence-electron chi connectivity index (χ0n) is 11.8. The first-order chi connectivity index (χ1) is 11.1. The van der Waals surface area contributed by atoms with Crippen LogP contribution >= 0.6 is 0 Å². The minimum Gasteiger partial charge on any atom is -0.330 e. The molecule has 26 heavy (non-hydrogen) atoms. The van der Waals surface area contributed by atoms with Crippen molar-refractivity contribution in [3.63, 3.8) is 0 Å². The van der Waals surface area contributed by atoms with E-state index in [-0.39, 0.29) is 5.70 Å². The molecule has 0 atom stereocenters. The van der Waals surface area contributed by atoms with Crippen molar-refractivity contribution in [3.8, 4) is 0 Å². The number of hydrogen-bond acceptors (Lipinski definition) is 2. The minimum absolute atomic E-state index is 0.194. The molecule has 0 rings (SSSR count). The summed E-state index contributed by atoms with van der Waals surface area (Å²) < 4.78 is 179. The molecule has 0 aliphatic carbocycles. The first-order valence-corrected chi connectivity index (χ1v) is 7.38. The van der Waals surface area contributed by atoms with Crippen LogP contribution < -0.4 is 0 Å². The predicted molar refractivity (Wildman–Crippen MR) is 56.0 cm³/mol. The van der Waals surface area contributed by atoms with E-state index in [1.54, 1.807) is 0 Å². The second-order valence-electron chi connectivity index (χ2n) is 4.31. The third-order valence-electron chi connectivity index (χ3n) is 2.32. The third-order valence-corrected chi connectivity index (χ3v) is 4.08. The van der Waals surface area contributed by atoms with Gasteiger partial charge in [-0.05, 0) is 12.6 Å². The van der Waals surface area contributed by atoms with Gasteiger partial charge in [-0.2, -0.15) is 61.5 Å². The second kappa shape index (κ2) is 7.14. The average molecular weight is 440 g/mol. The second-order valence-corrected chi connectivity index (χ2v) is 5.90. The van der Waals surface area contributed by atoms with Crippen LogP contribution in [0.5, 0.6) is 0 Å². The molecule has 0 saturated carbocycles. The fourth-order valence-electron chi connectivity index (χ4n) is 1.03. The Kier molecular flexibility index (Phi) is 6.83. The summed E-state index contributed by atoms with van der Waals surface area (Å²) in [5, 5.41) is 0. The Morgan fingerprint density at radius 1 is 0.577 bits per heavy atom. The van der Waals surface area contributed by atoms with Crippen LogP contribution in [0.3, 0.4) is 0 Å². The van der Waals surface area contributed by atoms with Crippen molar-refractivity contribution in [2.45, 2.75) is 43.3 Å².